The molecule has 0 saturated heterocycles. The smallest absolute Gasteiger partial charge is 0.434 e. The molecule has 158 valence electrons. The van der Waals surface area contributed by atoms with Gasteiger partial charge in [-0.05, 0) is 43.5 Å². The highest BCUT2D eigenvalue weighted by Crippen LogP contribution is 2.32. The minimum Gasteiger partial charge on any atom is -0.434 e. The minimum atomic E-state index is -0.662. The highest BCUT2D eigenvalue weighted by atomic mass is 16.7. The van der Waals surface area contributed by atoms with Crippen LogP contribution in [-0.4, -0.2) is 22.9 Å². The normalized spacial score (nSPS) is 14.7. The zero-order chi connectivity index (χ0) is 20.3. The standard InChI is InChI=1S/C23H32N2O4/c1-2-3-4-5-6-10-17-27-23(26)28-20-15-13-18(14-16-20)21-24-22(29-25-21)19-11-8-7-9-12-19/h13-16,19H,2-12,17H2,1H3. The summed E-state index contributed by atoms with van der Waals surface area (Å²) in [6.07, 6.45) is 12.2. The van der Waals surface area contributed by atoms with E-state index in [1.165, 1.54) is 44.9 Å². The summed E-state index contributed by atoms with van der Waals surface area (Å²) in [6, 6.07) is 7.09. The predicted octanol–water partition coefficient (Wildman–Crippen LogP) is 6.66. The van der Waals surface area contributed by atoms with Gasteiger partial charge in [-0.15, -0.1) is 0 Å². The van der Waals surface area contributed by atoms with Crippen LogP contribution >= 0.6 is 0 Å². The van der Waals surface area contributed by atoms with Gasteiger partial charge in [-0.2, -0.15) is 4.98 Å². The Balaban J connectivity index is 1.42. The lowest BCUT2D eigenvalue weighted by Crippen LogP contribution is -2.11. The van der Waals surface area contributed by atoms with E-state index >= 15 is 0 Å². The molecule has 1 saturated carbocycles. The van der Waals surface area contributed by atoms with Crippen molar-refractivity contribution < 1.29 is 18.8 Å². The molecule has 0 N–H and O–H groups in total. The molecule has 0 spiro atoms. The number of nitrogens with zero attached hydrogens (tertiary/aromatic N) is 2. The van der Waals surface area contributed by atoms with E-state index in [0.717, 1.165) is 37.1 Å². The average molecular weight is 401 g/mol. The lowest BCUT2D eigenvalue weighted by molar-refractivity contribution is 0.0973. The van der Waals surface area contributed by atoms with E-state index in [-0.39, 0.29) is 0 Å². The highest BCUT2D eigenvalue weighted by Gasteiger charge is 2.21. The number of carbonyl (C=O) groups excluding carboxylic acids is 1. The van der Waals surface area contributed by atoms with Crippen molar-refractivity contribution in [2.45, 2.75) is 83.5 Å². The molecule has 6 heteroatoms. The van der Waals surface area contributed by atoms with Crippen LogP contribution in [-0.2, 0) is 4.74 Å². The van der Waals surface area contributed by atoms with Gasteiger partial charge in [0.15, 0.2) is 0 Å². The number of hydrogen-bond donors (Lipinski definition) is 0. The molecule has 29 heavy (non-hydrogen) atoms. The van der Waals surface area contributed by atoms with E-state index in [2.05, 4.69) is 17.1 Å². The summed E-state index contributed by atoms with van der Waals surface area (Å²) < 4.78 is 15.8. The zero-order valence-corrected chi connectivity index (χ0v) is 17.4. The monoisotopic (exact) mass is 400 g/mol. The first-order chi connectivity index (χ1) is 14.3. The topological polar surface area (TPSA) is 74.5 Å². The molecule has 0 atom stereocenters. The van der Waals surface area contributed by atoms with Crippen LogP contribution in [0.25, 0.3) is 11.4 Å². The molecular formula is C23H32N2O4. The fourth-order valence-corrected chi connectivity index (χ4v) is 3.70. The third-order valence-corrected chi connectivity index (χ3v) is 5.43. The van der Waals surface area contributed by atoms with Crippen molar-refractivity contribution in [3.63, 3.8) is 0 Å². The van der Waals surface area contributed by atoms with Crippen LogP contribution in [0.2, 0.25) is 0 Å². The summed E-state index contributed by atoms with van der Waals surface area (Å²) in [5, 5.41) is 4.11. The second-order valence-electron chi connectivity index (χ2n) is 7.78. The molecule has 6 nitrogen and oxygen atoms in total. The first-order valence-corrected chi connectivity index (χ1v) is 11.0. The molecule has 2 aromatic rings. The van der Waals surface area contributed by atoms with Crippen LogP contribution in [0, 0.1) is 0 Å². The maximum atomic E-state index is 11.8. The first-order valence-electron chi connectivity index (χ1n) is 11.0. The van der Waals surface area contributed by atoms with E-state index in [0.29, 0.717) is 24.1 Å². The molecule has 1 aliphatic carbocycles. The van der Waals surface area contributed by atoms with Crippen molar-refractivity contribution in [2.24, 2.45) is 0 Å². The van der Waals surface area contributed by atoms with E-state index in [1.54, 1.807) is 12.1 Å². The van der Waals surface area contributed by atoms with Crippen LogP contribution in [0.4, 0.5) is 4.79 Å². The Bertz CT molecular complexity index is 736. The van der Waals surface area contributed by atoms with Gasteiger partial charge < -0.3 is 14.0 Å². The van der Waals surface area contributed by atoms with Crippen LogP contribution in [0.15, 0.2) is 28.8 Å². The Morgan fingerprint density at radius 1 is 1.03 bits per heavy atom. The number of rotatable bonds is 10. The van der Waals surface area contributed by atoms with Crippen molar-refractivity contribution in [3.8, 4) is 17.1 Å². The molecule has 0 amide bonds. The average Bonchev–Trinajstić information content (AvgIpc) is 3.25. The lowest BCUT2D eigenvalue weighted by Gasteiger charge is -2.17. The second-order valence-corrected chi connectivity index (χ2v) is 7.78. The number of unbranched alkanes of at least 4 members (excludes halogenated alkanes) is 5. The summed E-state index contributed by atoms with van der Waals surface area (Å²) >= 11 is 0. The third-order valence-electron chi connectivity index (χ3n) is 5.43. The maximum Gasteiger partial charge on any atom is 0.513 e. The van der Waals surface area contributed by atoms with Gasteiger partial charge in [0.2, 0.25) is 11.7 Å². The van der Waals surface area contributed by atoms with Crippen LogP contribution < -0.4 is 4.74 Å². The molecule has 3 rings (SSSR count). The van der Waals surface area contributed by atoms with Crippen LogP contribution in [0.1, 0.15) is 89.4 Å². The molecular weight excluding hydrogens is 368 g/mol. The molecule has 1 fully saturated rings. The Labute approximate surface area is 173 Å². The Kier molecular flexibility index (Phi) is 8.53. The van der Waals surface area contributed by atoms with Gasteiger partial charge in [-0.25, -0.2) is 4.79 Å². The zero-order valence-electron chi connectivity index (χ0n) is 17.4. The van der Waals surface area contributed by atoms with Crippen molar-refractivity contribution in [1.29, 1.82) is 0 Å². The number of ether oxygens (including phenoxy) is 2. The molecule has 1 aliphatic rings. The summed E-state index contributed by atoms with van der Waals surface area (Å²) in [5.41, 5.74) is 0.837. The lowest BCUT2D eigenvalue weighted by atomic mass is 9.89. The predicted molar refractivity (Wildman–Crippen MR) is 111 cm³/mol. The SMILES string of the molecule is CCCCCCCCOC(=O)Oc1ccc(-c2noc(C3CCCCC3)n2)cc1. The van der Waals surface area contributed by atoms with Crippen molar-refractivity contribution >= 4 is 6.16 Å². The van der Waals surface area contributed by atoms with Crippen molar-refractivity contribution in [2.75, 3.05) is 6.61 Å². The summed E-state index contributed by atoms with van der Waals surface area (Å²) in [7, 11) is 0. The molecule has 0 unspecified atom stereocenters. The van der Waals surface area contributed by atoms with Gasteiger partial charge in [-0.3, -0.25) is 0 Å². The van der Waals surface area contributed by atoms with Gasteiger partial charge in [0.05, 0.1) is 6.61 Å². The van der Waals surface area contributed by atoms with Gasteiger partial charge in [-0.1, -0.05) is 63.4 Å². The fraction of sp³-hybridized carbons (Fsp3) is 0.609. The molecule has 0 bridgehead atoms. The van der Waals surface area contributed by atoms with Gasteiger partial charge in [0.25, 0.3) is 0 Å². The molecule has 0 radical (unpaired) electrons. The summed E-state index contributed by atoms with van der Waals surface area (Å²) in [5.74, 6) is 2.13. The minimum absolute atomic E-state index is 0.383. The number of carbonyl (C=O) groups is 1. The van der Waals surface area contributed by atoms with E-state index in [4.69, 9.17) is 14.0 Å². The van der Waals surface area contributed by atoms with E-state index in [9.17, 15) is 4.79 Å². The van der Waals surface area contributed by atoms with Crippen LogP contribution in [0.3, 0.4) is 0 Å². The third kappa shape index (κ3) is 6.87. The number of hydrogen-bond acceptors (Lipinski definition) is 6. The maximum absolute atomic E-state index is 11.8. The number of benzene rings is 1. The number of aromatic nitrogens is 2. The van der Waals surface area contributed by atoms with E-state index in [1.807, 2.05) is 12.1 Å². The Morgan fingerprint density at radius 2 is 1.76 bits per heavy atom. The fourth-order valence-electron chi connectivity index (χ4n) is 3.70. The van der Waals surface area contributed by atoms with Gasteiger partial charge in [0, 0.05) is 11.5 Å². The second kappa shape index (κ2) is 11.6. The summed E-state index contributed by atoms with van der Waals surface area (Å²) in [6.45, 7) is 2.60. The highest BCUT2D eigenvalue weighted by molar-refractivity contribution is 5.64. The first kappa shape index (κ1) is 21.3. The molecule has 1 aromatic heterocycles. The molecule has 1 aromatic carbocycles. The largest absolute Gasteiger partial charge is 0.513 e. The Hall–Kier alpha value is -2.37. The summed E-state index contributed by atoms with van der Waals surface area (Å²) in [4.78, 5) is 16.4. The molecule has 1 heterocycles. The molecule has 0 aliphatic heterocycles. The van der Waals surface area contributed by atoms with Gasteiger partial charge >= 0.3 is 6.16 Å². The Morgan fingerprint density at radius 3 is 2.52 bits per heavy atom. The van der Waals surface area contributed by atoms with Gasteiger partial charge in [0.1, 0.15) is 5.75 Å². The van der Waals surface area contributed by atoms with Crippen LogP contribution in [0.5, 0.6) is 5.75 Å². The van der Waals surface area contributed by atoms with E-state index < -0.39 is 6.16 Å². The quantitative estimate of drug-likeness (QED) is 0.252. The van der Waals surface area contributed by atoms with Crippen molar-refractivity contribution in [3.05, 3.63) is 30.2 Å². The van der Waals surface area contributed by atoms with Crippen molar-refractivity contribution in [1.82, 2.24) is 10.1 Å².